The Morgan fingerprint density at radius 1 is 1.24 bits per heavy atom. The molecule has 106 valence electrons. The minimum Gasteiger partial charge on any atom is -0.480 e. The minimum absolute atomic E-state index is 0.0248. The van der Waals surface area contributed by atoms with E-state index in [9.17, 15) is 9.59 Å². The average Bonchev–Trinajstić information content (AvgIpc) is 2.47. The normalized spacial score (nSPS) is 12.9. The van der Waals surface area contributed by atoms with Gasteiger partial charge in [0.2, 0.25) is 0 Å². The van der Waals surface area contributed by atoms with Crippen molar-refractivity contribution in [2.75, 3.05) is 17.2 Å². The second kappa shape index (κ2) is 5.68. The maximum atomic E-state index is 12.1. The van der Waals surface area contributed by atoms with Crippen molar-refractivity contribution in [1.29, 1.82) is 0 Å². The molecule has 0 fully saturated rings. The van der Waals surface area contributed by atoms with E-state index in [-0.39, 0.29) is 18.4 Å². The number of halogens is 1. The van der Waals surface area contributed by atoms with Gasteiger partial charge < -0.3 is 15.4 Å². The fourth-order valence-corrected chi connectivity index (χ4v) is 2.18. The molecule has 0 saturated heterocycles. The van der Waals surface area contributed by atoms with Crippen LogP contribution in [0.15, 0.2) is 36.4 Å². The molecule has 0 unspecified atom stereocenters. The molecule has 0 spiro atoms. The van der Waals surface area contributed by atoms with Crippen LogP contribution in [0, 0.1) is 3.57 Å². The first-order valence-corrected chi connectivity index (χ1v) is 7.20. The monoisotopic (exact) mass is 395 g/mol. The molecule has 1 aliphatic rings. The molecular weight excluding hydrogens is 385 g/mol. The van der Waals surface area contributed by atoms with Crippen LogP contribution in [0.5, 0.6) is 5.75 Å². The highest BCUT2D eigenvalue weighted by atomic mass is 127. The fourth-order valence-electron chi connectivity index (χ4n) is 1.82. The average molecular weight is 395 g/mol. The Labute approximate surface area is 134 Å². The van der Waals surface area contributed by atoms with Crippen molar-refractivity contribution in [3.8, 4) is 5.75 Å². The van der Waals surface area contributed by atoms with Gasteiger partial charge >= 0.3 is 0 Å². The molecule has 0 atom stereocenters. The zero-order valence-electron chi connectivity index (χ0n) is 10.7. The van der Waals surface area contributed by atoms with E-state index in [0.717, 1.165) is 3.57 Å². The summed E-state index contributed by atoms with van der Waals surface area (Å²) in [4.78, 5) is 27.5. The lowest BCUT2D eigenvalue weighted by atomic mass is 10.2. The Bertz CT molecular complexity index is 716. The summed E-state index contributed by atoms with van der Waals surface area (Å²) in [6, 6.07) is 10.5. The zero-order valence-corrected chi connectivity index (χ0v) is 12.9. The van der Waals surface area contributed by atoms with Crippen molar-refractivity contribution in [2.24, 2.45) is 0 Å². The highest BCUT2D eigenvalue weighted by Gasteiger charge is 2.18. The molecule has 2 heterocycles. The molecule has 0 aliphatic carbocycles. The molecule has 0 radical (unpaired) electrons. The summed E-state index contributed by atoms with van der Waals surface area (Å²) in [7, 11) is 0. The van der Waals surface area contributed by atoms with E-state index >= 15 is 0 Å². The maximum Gasteiger partial charge on any atom is 0.263 e. The van der Waals surface area contributed by atoms with Crippen molar-refractivity contribution < 1.29 is 14.3 Å². The number of pyridine rings is 1. The number of fused-ring (bicyclic) bond motifs is 1. The summed E-state index contributed by atoms with van der Waals surface area (Å²) in [5, 5.41) is 5.28. The van der Waals surface area contributed by atoms with Crippen molar-refractivity contribution in [2.45, 2.75) is 0 Å². The van der Waals surface area contributed by atoms with E-state index in [1.54, 1.807) is 24.3 Å². The number of hydrogen-bond acceptors (Lipinski definition) is 4. The van der Waals surface area contributed by atoms with E-state index < -0.39 is 0 Å². The van der Waals surface area contributed by atoms with E-state index in [4.69, 9.17) is 4.74 Å². The van der Waals surface area contributed by atoms with Crippen LogP contribution in [0.2, 0.25) is 0 Å². The van der Waals surface area contributed by atoms with Crippen molar-refractivity contribution in [3.05, 3.63) is 45.5 Å². The Balaban J connectivity index is 1.79. The van der Waals surface area contributed by atoms with Gasteiger partial charge in [0, 0.05) is 9.13 Å². The number of aromatic nitrogens is 1. The number of amides is 2. The van der Waals surface area contributed by atoms with Gasteiger partial charge in [0.15, 0.2) is 18.2 Å². The predicted molar refractivity (Wildman–Crippen MR) is 85.5 cm³/mol. The molecule has 1 aliphatic heterocycles. The largest absolute Gasteiger partial charge is 0.480 e. The Morgan fingerprint density at radius 3 is 2.76 bits per heavy atom. The second-order valence-electron chi connectivity index (χ2n) is 4.34. The van der Waals surface area contributed by atoms with Gasteiger partial charge in [-0.15, -0.1) is 0 Å². The SMILES string of the molecule is O=C1COc2ccc(NC(=O)c3ccc(I)cc3)nc2N1. The summed E-state index contributed by atoms with van der Waals surface area (Å²) in [6.45, 7) is -0.0248. The molecule has 1 aromatic carbocycles. The van der Waals surface area contributed by atoms with Crippen LogP contribution in [0.4, 0.5) is 11.6 Å². The van der Waals surface area contributed by atoms with E-state index in [2.05, 4.69) is 38.2 Å². The smallest absolute Gasteiger partial charge is 0.263 e. The molecule has 3 rings (SSSR count). The van der Waals surface area contributed by atoms with Crippen LogP contribution < -0.4 is 15.4 Å². The molecular formula is C14H10IN3O3. The molecule has 1 aromatic heterocycles. The highest BCUT2D eigenvalue weighted by Crippen LogP contribution is 2.26. The Hall–Kier alpha value is -2.16. The van der Waals surface area contributed by atoms with Crippen LogP contribution in [-0.2, 0) is 4.79 Å². The van der Waals surface area contributed by atoms with E-state index in [0.29, 0.717) is 22.9 Å². The second-order valence-corrected chi connectivity index (χ2v) is 5.59. The van der Waals surface area contributed by atoms with Gasteiger partial charge in [0.1, 0.15) is 5.82 Å². The molecule has 21 heavy (non-hydrogen) atoms. The van der Waals surface area contributed by atoms with Gasteiger partial charge in [-0.05, 0) is 59.0 Å². The number of nitrogens with one attached hydrogen (secondary N) is 2. The Kier molecular flexibility index (Phi) is 3.74. The first-order valence-electron chi connectivity index (χ1n) is 6.12. The first kappa shape index (κ1) is 13.8. The zero-order chi connectivity index (χ0) is 14.8. The third kappa shape index (κ3) is 3.13. The Morgan fingerprint density at radius 2 is 2.00 bits per heavy atom. The summed E-state index contributed by atoms with van der Waals surface area (Å²) in [6.07, 6.45) is 0. The number of carbonyl (C=O) groups is 2. The van der Waals surface area contributed by atoms with Crippen molar-refractivity contribution >= 4 is 46.0 Å². The highest BCUT2D eigenvalue weighted by molar-refractivity contribution is 14.1. The summed E-state index contributed by atoms with van der Waals surface area (Å²) in [5.74, 6) is 0.620. The van der Waals surface area contributed by atoms with Crippen LogP contribution >= 0.6 is 22.6 Å². The summed E-state index contributed by atoms with van der Waals surface area (Å²) < 4.78 is 6.26. The number of rotatable bonds is 2. The number of ether oxygens (including phenoxy) is 1. The number of carbonyl (C=O) groups excluding carboxylic acids is 2. The number of hydrogen-bond donors (Lipinski definition) is 2. The molecule has 0 bridgehead atoms. The van der Waals surface area contributed by atoms with Crippen molar-refractivity contribution in [3.63, 3.8) is 0 Å². The minimum atomic E-state index is -0.267. The van der Waals surface area contributed by atoms with Crippen molar-refractivity contribution in [1.82, 2.24) is 4.98 Å². The van der Waals surface area contributed by atoms with Crippen LogP contribution in [0.1, 0.15) is 10.4 Å². The third-order valence-electron chi connectivity index (χ3n) is 2.82. The standard InChI is InChI=1S/C14H10IN3O3/c15-9-3-1-8(2-4-9)14(20)17-11-6-5-10-13(16-11)18-12(19)7-21-10/h1-6H,7H2,(H2,16,17,18,19,20). The van der Waals surface area contributed by atoms with Gasteiger partial charge in [-0.2, -0.15) is 0 Å². The first-order chi connectivity index (χ1) is 10.1. The van der Waals surface area contributed by atoms with Crippen LogP contribution in [0.25, 0.3) is 0 Å². The number of benzene rings is 1. The van der Waals surface area contributed by atoms with Gasteiger partial charge in [-0.25, -0.2) is 4.98 Å². The van der Waals surface area contributed by atoms with Crippen LogP contribution in [-0.4, -0.2) is 23.4 Å². The van der Waals surface area contributed by atoms with E-state index in [1.165, 1.54) is 0 Å². The van der Waals surface area contributed by atoms with Crippen LogP contribution in [0.3, 0.4) is 0 Å². The lowest BCUT2D eigenvalue weighted by Gasteiger charge is -2.17. The predicted octanol–water partition coefficient (Wildman–Crippen LogP) is 2.27. The van der Waals surface area contributed by atoms with Gasteiger partial charge in [0.05, 0.1) is 0 Å². The molecule has 7 heteroatoms. The number of anilines is 2. The fraction of sp³-hybridized carbons (Fsp3) is 0.0714. The lowest BCUT2D eigenvalue weighted by Crippen LogP contribution is -2.26. The third-order valence-corrected chi connectivity index (χ3v) is 3.54. The molecule has 0 saturated carbocycles. The maximum absolute atomic E-state index is 12.1. The molecule has 6 nitrogen and oxygen atoms in total. The van der Waals surface area contributed by atoms with E-state index in [1.807, 2.05) is 12.1 Å². The number of nitrogens with zero attached hydrogens (tertiary/aromatic N) is 1. The van der Waals surface area contributed by atoms with Gasteiger partial charge in [-0.3, -0.25) is 9.59 Å². The quantitative estimate of drug-likeness (QED) is 0.765. The molecule has 2 amide bonds. The van der Waals surface area contributed by atoms with Gasteiger partial charge in [0.25, 0.3) is 11.8 Å². The molecule has 2 aromatic rings. The summed E-state index contributed by atoms with van der Waals surface area (Å²) >= 11 is 2.17. The topological polar surface area (TPSA) is 80.3 Å². The van der Waals surface area contributed by atoms with Gasteiger partial charge in [-0.1, -0.05) is 0 Å². The summed E-state index contributed by atoms with van der Waals surface area (Å²) in [5.41, 5.74) is 0.537. The lowest BCUT2D eigenvalue weighted by molar-refractivity contribution is -0.118. The molecule has 2 N–H and O–H groups in total.